The largest absolute Gasteiger partial charge is 0.432 e. The first-order chi connectivity index (χ1) is 5.74. The van der Waals surface area contributed by atoms with E-state index < -0.39 is 6.61 Å². The molecule has 1 heterocycles. The number of halogens is 2. The molecule has 5 heteroatoms. The molecule has 1 aromatic heterocycles. The molecule has 62 valence electrons. The molecular weight excluding hydrogens is 166 g/mol. The van der Waals surface area contributed by atoms with Gasteiger partial charge in [-0.3, -0.25) is 4.98 Å². The molecule has 0 atom stereocenters. The van der Waals surface area contributed by atoms with E-state index >= 15 is 0 Å². The molecule has 0 aliphatic rings. The standard InChI is InChI=1S/C7H4F2N2O/c8-7(9)12-6-4-11-2-1-5(6)3-10/h1-2,4,7H. The summed E-state index contributed by atoms with van der Waals surface area (Å²) >= 11 is 0. The van der Waals surface area contributed by atoms with Crippen molar-refractivity contribution in [1.82, 2.24) is 4.98 Å². The zero-order valence-corrected chi connectivity index (χ0v) is 5.87. The third-order valence-electron chi connectivity index (χ3n) is 1.12. The Bertz CT molecular complexity index is 309. The Morgan fingerprint density at radius 3 is 2.92 bits per heavy atom. The molecule has 0 bridgehead atoms. The summed E-state index contributed by atoms with van der Waals surface area (Å²) in [6.07, 6.45) is 2.40. The molecule has 0 aliphatic carbocycles. The van der Waals surface area contributed by atoms with Crippen LogP contribution in [-0.2, 0) is 0 Å². The fourth-order valence-corrected chi connectivity index (χ4v) is 0.662. The van der Waals surface area contributed by atoms with E-state index in [9.17, 15) is 8.78 Å². The number of ether oxygens (including phenoxy) is 1. The van der Waals surface area contributed by atoms with Gasteiger partial charge in [-0.05, 0) is 6.07 Å². The van der Waals surface area contributed by atoms with E-state index in [1.165, 1.54) is 12.3 Å². The molecule has 3 nitrogen and oxygen atoms in total. The monoisotopic (exact) mass is 170 g/mol. The molecular formula is C7H4F2N2O. The molecule has 12 heavy (non-hydrogen) atoms. The highest BCUT2D eigenvalue weighted by Crippen LogP contribution is 2.16. The second kappa shape index (κ2) is 3.62. The highest BCUT2D eigenvalue weighted by molar-refractivity contribution is 5.40. The van der Waals surface area contributed by atoms with E-state index in [1.54, 1.807) is 6.07 Å². The van der Waals surface area contributed by atoms with Crippen LogP contribution in [-0.4, -0.2) is 11.6 Å². The summed E-state index contributed by atoms with van der Waals surface area (Å²) < 4.78 is 27.4. The van der Waals surface area contributed by atoms with Crippen LogP contribution in [0.5, 0.6) is 5.75 Å². The quantitative estimate of drug-likeness (QED) is 0.676. The van der Waals surface area contributed by atoms with Gasteiger partial charge in [-0.25, -0.2) is 0 Å². The Morgan fingerprint density at radius 2 is 2.33 bits per heavy atom. The topological polar surface area (TPSA) is 45.9 Å². The van der Waals surface area contributed by atoms with Crippen LogP contribution in [0.1, 0.15) is 5.56 Å². The molecule has 0 N–H and O–H groups in total. The number of nitrogens with zero attached hydrogens (tertiary/aromatic N) is 2. The number of alkyl halides is 2. The lowest BCUT2D eigenvalue weighted by Crippen LogP contribution is -2.03. The maximum absolute atomic E-state index is 11.7. The number of rotatable bonds is 2. The first-order valence-corrected chi connectivity index (χ1v) is 3.03. The number of nitriles is 1. The van der Waals surface area contributed by atoms with E-state index in [0.29, 0.717) is 0 Å². The van der Waals surface area contributed by atoms with Gasteiger partial charge in [-0.2, -0.15) is 14.0 Å². The highest BCUT2D eigenvalue weighted by Gasteiger charge is 2.08. The first kappa shape index (κ1) is 8.40. The van der Waals surface area contributed by atoms with Crippen LogP contribution in [0, 0.1) is 11.3 Å². The van der Waals surface area contributed by atoms with Crippen molar-refractivity contribution in [2.45, 2.75) is 6.61 Å². The summed E-state index contributed by atoms with van der Waals surface area (Å²) in [5.41, 5.74) is 0.0466. The van der Waals surface area contributed by atoms with E-state index in [1.807, 2.05) is 0 Å². The summed E-state index contributed by atoms with van der Waals surface area (Å²) in [5, 5.41) is 8.43. The lowest BCUT2D eigenvalue weighted by atomic mass is 10.3. The van der Waals surface area contributed by atoms with Crippen molar-refractivity contribution in [3.63, 3.8) is 0 Å². The average molecular weight is 170 g/mol. The molecule has 0 unspecified atom stereocenters. The molecule has 0 saturated carbocycles. The van der Waals surface area contributed by atoms with E-state index in [4.69, 9.17) is 5.26 Å². The van der Waals surface area contributed by atoms with Crippen molar-refractivity contribution in [2.24, 2.45) is 0 Å². The van der Waals surface area contributed by atoms with Crippen LogP contribution in [0.4, 0.5) is 8.78 Å². The molecule has 0 spiro atoms. The Morgan fingerprint density at radius 1 is 1.58 bits per heavy atom. The zero-order valence-electron chi connectivity index (χ0n) is 5.87. The van der Waals surface area contributed by atoms with Gasteiger partial charge in [0.2, 0.25) is 0 Å². The van der Waals surface area contributed by atoms with Crippen LogP contribution >= 0.6 is 0 Å². The molecule has 0 saturated heterocycles. The Balaban J connectivity index is 2.91. The van der Waals surface area contributed by atoms with Gasteiger partial charge in [-0.15, -0.1) is 0 Å². The van der Waals surface area contributed by atoms with Gasteiger partial charge >= 0.3 is 6.61 Å². The van der Waals surface area contributed by atoms with Crippen molar-refractivity contribution in [1.29, 1.82) is 5.26 Å². The summed E-state index contributed by atoms with van der Waals surface area (Å²) in [7, 11) is 0. The average Bonchev–Trinajstić information content (AvgIpc) is 2.04. The van der Waals surface area contributed by atoms with Crippen LogP contribution in [0.25, 0.3) is 0 Å². The Hall–Kier alpha value is -1.70. The van der Waals surface area contributed by atoms with E-state index in [2.05, 4.69) is 9.72 Å². The molecule has 0 aromatic carbocycles. The van der Waals surface area contributed by atoms with Gasteiger partial charge in [0.05, 0.1) is 11.8 Å². The molecule has 0 amide bonds. The smallest absolute Gasteiger partial charge is 0.387 e. The van der Waals surface area contributed by atoms with Crippen molar-refractivity contribution < 1.29 is 13.5 Å². The minimum atomic E-state index is -2.93. The van der Waals surface area contributed by atoms with Crippen LogP contribution in [0.2, 0.25) is 0 Å². The number of pyridine rings is 1. The minimum Gasteiger partial charge on any atom is -0.432 e. The number of hydrogen-bond donors (Lipinski definition) is 0. The molecule has 0 fully saturated rings. The van der Waals surface area contributed by atoms with Gasteiger partial charge in [0, 0.05) is 6.20 Å². The summed E-state index contributed by atoms with van der Waals surface area (Å²) in [4.78, 5) is 3.54. The minimum absolute atomic E-state index is 0.0466. The second-order valence-corrected chi connectivity index (χ2v) is 1.86. The SMILES string of the molecule is N#Cc1ccncc1OC(F)F. The fourth-order valence-electron chi connectivity index (χ4n) is 0.662. The molecule has 0 aliphatic heterocycles. The summed E-state index contributed by atoms with van der Waals surface area (Å²) in [6.45, 7) is -2.93. The van der Waals surface area contributed by atoms with Crippen LogP contribution in [0.15, 0.2) is 18.5 Å². The number of aromatic nitrogens is 1. The number of hydrogen-bond acceptors (Lipinski definition) is 3. The van der Waals surface area contributed by atoms with Gasteiger partial charge in [-0.1, -0.05) is 0 Å². The third-order valence-corrected chi connectivity index (χ3v) is 1.12. The van der Waals surface area contributed by atoms with Gasteiger partial charge < -0.3 is 4.74 Å². The Kier molecular flexibility index (Phi) is 2.53. The maximum Gasteiger partial charge on any atom is 0.387 e. The van der Waals surface area contributed by atoms with Crippen LogP contribution in [0.3, 0.4) is 0 Å². The fraction of sp³-hybridized carbons (Fsp3) is 0.143. The predicted molar refractivity (Wildman–Crippen MR) is 35.6 cm³/mol. The van der Waals surface area contributed by atoms with Gasteiger partial charge in [0.1, 0.15) is 6.07 Å². The normalized spacial score (nSPS) is 9.50. The van der Waals surface area contributed by atoms with Crippen molar-refractivity contribution in [3.05, 3.63) is 24.0 Å². The van der Waals surface area contributed by atoms with Crippen molar-refractivity contribution in [3.8, 4) is 11.8 Å². The van der Waals surface area contributed by atoms with Gasteiger partial charge in [0.25, 0.3) is 0 Å². The van der Waals surface area contributed by atoms with Crippen molar-refractivity contribution >= 4 is 0 Å². The van der Waals surface area contributed by atoms with Crippen molar-refractivity contribution in [2.75, 3.05) is 0 Å². The summed E-state index contributed by atoms with van der Waals surface area (Å²) in [6, 6.07) is 3.01. The first-order valence-electron chi connectivity index (χ1n) is 3.03. The Labute approximate surface area is 67.2 Å². The lowest BCUT2D eigenvalue weighted by molar-refractivity contribution is -0.0502. The molecule has 1 rings (SSSR count). The summed E-state index contributed by atoms with van der Waals surface area (Å²) in [5.74, 6) is -0.199. The zero-order chi connectivity index (χ0) is 8.97. The predicted octanol–water partition coefficient (Wildman–Crippen LogP) is 1.55. The third kappa shape index (κ3) is 1.89. The molecule has 1 aromatic rings. The van der Waals surface area contributed by atoms with Gasteiger partial charge in [0.15, 0.2) is 5.75 Å². The van der Waals surface area contributed by atoms with Crippen LogP contribution < -0.4 is 4.74 Å². The molecule has 0 radical (unpaired) electrons. The van der Waals surface area contributed by atoms with E-state index in [-0.39, 0.29) is 11.3 Å². The highest BCUT2D eigenvalue weighted by atomic mass is 19.3. The van der Waals surface area contributed by atoms with E-state index in [0.717, 1.165) is 6.20 Å². The second-order valence-electron chi connectivity index (χ2n) is 1.86. The lowest BCUT2D eigenvalue weighted by Gasteiger charge is -2.03. The maximum atomic E-state index is 11.7.